The van der Waals surface area contributed by atoms with Crippen molar-refractivity contribution in [2.24, 2.45) is 0 Å². The molecule has 0 saturated heterocycles. The maximum absolute atomic E-state index is 12.0. The molecule has 4 heteroatoms. The Morgan fingerprint density at radius 3 is 2.11 bits per heavy atom. The summed E-state index contributed by atoms with van der Waals surface area (Å²) in [6.45, 7) is 4.93. The monoisotopic (exact) mass is 429 g/mol. The minimum Gasteiger partial charge on any atom is -0.445 e. The van der Waals surface area contributed by atoms with E-state index in [0.717, 1.165) is 51.7 Å². The Labute approximate surface area is 170 Å². The lowest BCUT2D eigenvalue weighted by molar-refractivity contribution is 0.140. The maximum Gasteiger partial charge on any atom is 0.407 e. The number of carbonyl (C=O) groups is 1. The Morgan fingerprint density at radius 2 is 1.52 bits per heavy atom. The minimum absolute atomic E-state index is 0.273. The van der Waals surface area contributed by atoms with Crippen molar-refractivity contribution in [3.05, 3.63) is 60.2 Å². The summed E-state index contributed by atoms with van der Waals surface area (Å²) in [6, 6.07) is 18.6. The first-order chi connectivity index (χ1) is 13.3. The smallest absolute Gasteiger partial charge is 0.407 e. The summed E-state index contributed by atoms with van der Waals surface area (Å²) in [4.78, 5) is 12.0. The van der Waals surface area contributed by atoms with Crippen LogP contribution >= 0.6 is 15.9 Å². The summed E-state index contributed by atoms with van der Waals surface area (Å²) >= 11 is 3.41. The quantitative estimate of drug-likeness (QED) is 0.254. The number of hydrogen-bond acceptors (Lipinski definition) is 2. The molecule has 0 fully saturated rings. The Morgan fingerprint density at radius 1 is 0.926 bits per heavy atom. The van der Waals surface area contributed by atoms with Gasteiger partial charge in [0.2, 0.25) is 0 Å². The van der Waals surface area contributed by atoms with Gasteiger partial charge in [-0.05, 0) is 40.5 Å². The van der Waals surface area contributed by atoms with E-state index in [9.17, 15) is 4.79 Å². The van der Waals surface area contributed by atoms with Crippen molar-refractivity contribution in [1.29, 1.82) is 0 Å². The number of benzene rings is 3. The summed E-state index contributed by atoms with van der Waals surface area (Å²) in [5.41, 5.74) is 1.06. The first-order valence-corrected chi connectivity index (χ1v) is 10.8. The molecule has 3 aromatic rings. The number of carbonyl (C=O) groups excluding carboxylic acids is 1. The van der Waals surface area contributed by atoms with E-state index in [1.807, 2.05) is 38.1 Å². The molecule has 0 atom stereocenters. The second kappa shape index (κ2) is 11.6. The lowest BCUT2D eigenvalue weighted by Gasteiger charge is -2.12. The molecular formula is C23H28BrNO2. The van der Waals surface area contributed by atoms with Gasteiger partial charge in [0.05, 0.1) is 0 Å². The van der Waals surface area contributed by atoms with Gasteiger partial charge in [-0.25, -0.2) is 4.79 Å². The molecule has 0 radical (unpaired) electrons. The van der Waals surface area contributed by atoms with E-state index in [4.69, 9.17) is 4.74 Å². The van der Waals surface area contributed by atoms with Crippen molar-refractivity contribution in [2.45, 2.75) is 39.7 Å². The van der Waals surface area contributed by atoms with Crippen LogP contribution in [0.4, 0.5) is 4.79 Å². The van der Waals surface area contributed by atoms with E-state index >= 15 is 0 Å². The third-order valence-electron chi connectivity index (χ3n) is 4.31. The molecular weight excluding hydrogens is 402 g/mol. The number of nitrogens with one attached hydrogen (secondary N) is 1. The summed E-state index contributed by atoms with van der Waals surface area (Å²) in [5, 5.41) is 8.42. The zero-order chi connectivity index (χ0) is 19.5. The summed E-state index contributed by atoms with van der Waals surface area (Å²) in [6.07, 6.45) is 2.84. The molecule has 0 spiro atoms. The van der Waals surface area contributed by atoms with Gasteiger partial charge >= 0.3 is 6.09 Å². The highest BCUT2D eigenvalue weighted by Gasteiger charge is 2.10. The predicted octanol–water partition coefficient (Wildman–Crippen LogP) is 6.81. The highest BCUT2D eigenvalue weighted by Crippen LogP contribution is 2.29. The van der Waals surface area contributed by atoms with Gasteiger partial charge in [-0.3, -0.25) is 0 Å². The van der Waals surface area contributed by atoms with Crippen molar-refractivity contribution < 1.29 is 9.53 Å². The second-order valence-electron chi connectivity index (χ2n) is 6.05. The summed E-state index contributed by atoms with van der Waals surface area (Å²) in [7, 11) is 0. The molecule has 0 aliphatic carbocycles. The molecule has 0 unspecified atom stereocenters. The van der Waals surface area contributed by atoms with E-state index in [-0.39, 0.29) is 12.7 Å². The number of ether oxygens (including phenoxy) is 1. The lowest BCUT2D eigenvalue weighted by Crippen LogP contribution is -2.25. The van der Waals surface area contributed by atoms with Crippen LogP contribution in [-0.4, -0.2) is 18.0 Å². The van der Waals surface area contributed by atoms with Gasteiger partial charge in [0.25, 0.3) is 0 Å². The number of fused-ring (bicyclic) bond motifs is 2. The minimum atomic E-state index is -0.351. The van der Waals surface area contributed by atoms with Gasteiger partial charge in [0.1, 0.15) is 6.61 Å². The van der Waals surface area contributed by atoms with Crippen LogP contribution in [0.15, 0.2) is 54.6 Å². The highest BCUT2D eigenvalue weighted by molar-refractivity contribution is 9.09. The van der Waals surface area contributed by atoms with Gasteiger partial charge in [0.15, 0.2) is 0 Å². The van der Waals surface area contributed by atoms with Crippen LogP contribution in [0.1, 0.15) is 38.7 Å². The Bertz CT molecular complexity index is 809. The fourth-order valence-corrected chi connectivity index (χ4v) is 3.44. The number of hydrogen-bond donors (Lipinski definition) is 1. The molecule has 27 heavy (non-hydrogen) atoms. The molecule has 0 aliphatic heterocycles. The van der Waals surface area contributed by atoms with Crippen LogP contribution in [0.2, 0.25) is 0 Å². The third-order valence-corrected chi connectivity index (χ3v) is 4.87. The van der Waals surface area contributed by atoms with E-state index in [1.54, 1.807) is 0 Å². The normalized spacial score (nSPS) is 10.3. The van der Waals surface area contributed by atoms with Gasteiger partial charge < -0.3 is 10.1 Å². The van der Waals surface area contributed by atoms with E-state index < -0.39 is 0 Å². The molecule has 3 rings (SSSR count). The van der Waals surface area contributed by atoms with E-state index in [2.05, 4.69) is 51.6 Å². The third kappa shape index (κ3) is 5.96. The number of alkyl carbamates (subject to hydrolysis) is 1. The van der Waals surface area contributed by atoms with Crippen molar-refractivity contribution in [3.63, 3.8) is 0 Å². The average molecular weight is 430 g/mol. The van der Waals surface area contributed by atoms with Gasteiger partial charge in [-0.1, -0.05) is 84.7 Å². The lowest BCUT2D eigenvalue weighted by atomic mass is 9.97. The van der Waals surface area contributed by atoms with Gasteiger partial charge in [0, 0.05) is 17.4 Å². The van der Waals surface area contributed by atoms with Gasteiger partial charge in [-0.2, -0.15) is 0 Å². The zero-order valence-electron chi connectivity index (χ0n) is 16.1. The van der Waals surface area contributed by atoms with Crippen molar-refractivity contribution in [2.75, 3.05) is 11.9 Å². The number of amides is 1. The Balaban J connectivity index is 0.00000126. The van der Waals surface area contributed by atoms with Gasteiger partial charge in [-0.15, -0.1) is 0 Å². The number of unbranched alkanes of at least 4 members (excludes halogenated alkanes) is 2. The average Bonchev–Trinajstić information content (AvgIpc) is 2.72. The molecule has 3 aromatic carbocycles. The molecule has 3 nitrogen and oxygen atoms in total. The Hall–Kier alpha value is -2.07. The fraction of sp³-hybridized carbons (Fsp3) is 0.348. The van der Waals surface area contributed by atoms with Crippen molar-refractivity contribution in [3.8, 4) is 0 Å². The van der Waals surface area contributed by atoms with E-state index in [1.165, 1.54) is 0 Å². The Kier molecular flexibility index (Phi) is 9.12. The SMILES string of the molecule is CC.O=C(NCCCCCBr)OCc1c2ccccc2cc2ccccc12. The standard InChI is InChI=1S/C21H22BrNO2.C2H6/c22-12-6-1-7-13-23-21(24)25-15-20-18-10-4-2-8-16(18)14-17-9-3-5-11-19(17)20;1-2/h2-5,8-11,14H,1,6-7,12-13,15H2,(H,23,24);1-2H3. The first-order valence-electron chi connectivity index (χ1n) is 9.65. The fourth-order valence-electron chi connectivity index (χ4n) is 3.04. The van der Waals surface area contributed by atoms with Crippen LogP contribution in [0.3, 0.4) is 0 Å². The number of alkyl halides is 1. The summed E-state index contributed by atoms with van der Waals surface area (Å²) < 4.78 is 5.49. The molecule has 0 saturated carbocycles. The van der Waals surface area contributed by atoms with E-state index in [0.29, 0.717) is 6.54 Å². The second-order valence-corrected chi connectivity index (χ2v) is 6.84. The predicted molar refractivity (Wildman–Crippen MR) is 119 cm³/mol. The summed E-state index contributed by atoms with van der Waals surface area (Å²) in [5.74, 6) is 0. The topological polar surface area (TPSA) is 38.3 Å². The first kappa shape index (κ1) is 21.2. The number of rotatable bonds is 7. The van der Waals surface area contributed by atoms with Crippen molar-refractivity contribution in [1.82, 2.24) is 5.32 Å². The van der Waals surface area contributed by atoms with Crippen molar-refractivity contribution >= 4 is 43.6 Å². The molecule has 0 heterocycles. The molecule has 0 aromatic heterocycles. The molecule has 0 bridgehead atoms. The van der Waals surface area contributed by atoms with Crippen LogP contribution < -0.4 is 5.32 Å². The molecule has 0 aliphatic rings. The van der Waals surface area contributed by atoms with Crippen LogP contribution in [0, 0.1) is 0 Å². The van der Waals surface area contributed by atoms with Crippen LogP contribution in [0.25, 0.3) is 21.5 Å². The largest absolute Gasteiger partial charge is 0.445 e. The zero-order valence-corrected chi connectivity index (χ0v) is 17.7. The highest BCUT2D eigenvalue weighted by atomic mass is 79.9. The molecule has 1 amide bonds. The van der Waals surface area contributed by atoms with Crippen LogP contribution in [0.5, 0.6) is 0 Å². The molecule has 144 valence electrons. The number of halogens is 1. The molecule has 1 N–H and O–H groups in total. The van der Waals surface area contributed by atoms with Crippen LogP contribution in [-0.2, 0) is 11.3 Å². The maximum atomic E-state index is 12.0.